The van der Waals surface area contributed by atoms with E-state index in [1.807, 2.05) is 26.0 Å². The fourth-order valence-corrected chi connectivity index (χ4v) is 2.07. The zero-order valence-corrected chi connectivity index (χ0v) is 12.7. The first-order chi connectivity index (χ1) is 9.69. The molecule has 1 rings (SSSR count). The molecule has 0 aromatic heterocycles. The predicted molar refractivity (Wildman–Crippen MR) is 85.0 cm³/mol. The van der Waals surface area contributed by atoms with Crippen LogP contribution in [-0.4, -0.2) is 26.3 Å². The smallest absolute Gasteiger partial charge is 0.211 e. The van der Waals surface area contributed by atoms with Gasteiger partial charge in [0.1, 0.15) is 0 Å². The van der Waals surface area contributed by atoms with Gasteiger partial charge in [-0.3, -0.25) is 9.79 Å². The van der Waals surface area contributed by atoms with Crippen molar-refractivity contribution in [3.05, 3.63) is 28.8 Å². The largest absolute Gasteiger partial charge is 0.490 e. The zero-order chi connectivity index (χ0) is 15.0. The molecule has 1 amide bonds. The van der Waals surface area contributed by atoms with Crippen LogP contribution in [0.25, 0.3) is 5.57 Å². The summed E-state index contributed by atoms with van der Waals surface area (Å²) in [7, 11) is 1.70. The second-order valence-electron chi connectivity index (χ2n) is 4.05. The lowest BCUT2D eigenvalue weighted by molar-refractivity contribution is -0.105. The number of halogens is 1. The number of anilines is 1. The molecule has 0 aliphatic rings. The lowest BCUT2D eigenvalue weighted by Crippen LogP contribution is -2.03. The Balaban J connectivity index is 3.32. The minimum atomic E-state index is 0.471. The van der Waals surface area contributed by atoms with Crippen LogP contribution < -0.4 is 10.1 Å². The van der Waals surface area contributed by atoms with Gasteiger partial charge in [-0.1, -0.05) is 30.7 Å². The molecular weight excluding hydrogens is 276 g/mol. The average molecular weight is 295 g/mol. The van der Waals surface area contributed by atoms with Gasteiger partial charge in [0.25, 0.3) is 0 Å². The van der Waals surface area contributed by atoms with E-state index >= 15 is 0 Å². The quantitative estimate of drug-likeness (QED) is 0.614. The van der Waals surface area contributed by atoms with E-state index in [0.29, 0.717) is 29.5 Å². The summed E-state index contributed by atoms with van der Waals surface area (Å²) in [4.78, 5) is 14.7. The maximum Gasteiger partial charge on any atom is 0.211 e. The van der Waals surface area contributed by atoms with Crippen LogP contribution in [0.15, 0.2) is 23.2 Å². The van der Waals surface area contributed by atoms with Gasteiger partial charge in [0.05, 0.1) is 17.3 Å². The Morgan fingerprint density at radius 1 is 1.50 bits per heavy atom. The number of amides is 1. The predicted octanol–water partition coefficient (Wildman–Crippen LogP) is 3.80. The molecule has 0 aliphatic carbocycles. The fraction of sp³-hybridized carbons (Fsp3) is 0.333. The van der Waals surface area contributed by atoms with Gasteiger partial charge in [0.15, 0.2) is 5.75 Å². The molecule has 0 fully saturated rings. The molecule has 0 saturated heterocycles. The summed E-state index contributed by atoms with van der Waals surface area (Å²) >= 11 is 6.41. The topological polar surface area (TPSA) is 50.7 Å². The van der Waals surface area contributed by atoms with Crippen molar-refractivity contribution < 1.29 is 9.53 Å². The summed E-state index contributed by atoms with van der Waals surface area (Å²) in [5.41, 5.74) is 2.28. The van der Waals surface area contributed by atoms with E-state index in [1.165, 1.54) is 0 Å². The number of allylic oxidation sites excluding steroid dienone is 2. The molecule has 0 saturated carbocycles. The molecule has 1 N–H and O–H groups in total. The SMILES string of the molecule is C/C=C(\C=NC)c1ccc(NC=O)c(OCCC)c1Cl. The molecule has 0 radical (unpaired) electrons. The number of benzene rings is 1. The van der Waals surface area contributed by atoms with E-state index in [1.54, 1.807) is 19.3 Å². The van der Waals surface area contributed by atoms with Gasteiger partial charge in [-0.15, -0.1) is 0 Å². The second-order valence-corrected chi connectivity index (χ2v) is 4.42. The Morgan fingerprint density at radius 2 is 2.25 bits per heavy atom. The van der Waals surface area contributed by atoms with Crippen molar-refractivity contribution in [1.29, 1.82) is 0 Å². The molecule has 0 heterocycles. The molecule has 5 heteroatoms. The molecule has 0 unspecified atom stereocenters. The van der Waals surface area contributed by atoms with E-state index in [9.17, 15) is 4.79 Å². The minimum Gasteiger partial charge on any atom is -0.490 e. The van der Waals surface area contributed by atoms with Crippen molar-refractivity contribution >= 4 is 35.5 Å². The van der Waals surface area contributed by atoms with E-state index in [-0.39, 0.29) is 0 Å². The molecule has 0 atom stereocenters. The van der Waals surface area contributed by atoms with Gasteiger partial charge in [0.2, 0.25) is 6.41 Å². The zero-order valence-electron chi connectivity index (χ0n) is 11.9. The highest BCUT2D eigenvalue weighted by atomic mass is 35.5. The fourth-order valence-electron chi connectivity index (χ4n) is 1.74. The van der Waals surface area contributed by atoms with Crippen LogP contribution in [0.1, 0.15) is 25.8 Å². The first kappa shape index (κ1) is 16.2. The number of rotatable bonds is 7. The number of nitrogens with zero attached hydrogens (tertiary/aromatic N) is 1. The third-order valence-corrected chi connectivity index (χ3v) is 3.03. The highest BCUT2D eigenvalue weighted by Crippen LogP contribution is 2.38. The summed E-state index contributed by atoms with van der Waals surface area (Å²) in [5, 5.41) is 3.07. The van der Waals surface area contributed by atoms with Crippen LogP contribution in [0.3, 0.4) is 0 Å². The maximum absolute atomic E-state index is 10.6. The van der Waals surface area contributed by atoms with E-state index in [2.05, 4.69) is 10.3 Å². The molecule has 4 nitrogen and oxygen atoms in total. The van der Waals surface area contributed by atoms with Gasteiger partial charge >= 0.3 is 0 Å². The number of nitrogens with one attached hydrogen (secondary N) is 1. The molecular formula is C15H19ClN2O2. The van der Waals surface area contributed by atoms with Crippen LogP contribution in [0.5, 0.6) is 5.75 Å². The first-order valence-electron chi connectivity index (χ1n) is 6.43. The Morgan fingerprint density at radius 3 is 2.80 bits per heavy atom. The average Bonchev–Trinajstić information content (AvgIpc) is 2.45. The van der Waals surface area contributed by atoms with E-state index < -0.39 is 0 Å². The van der Waals surface area contributed by atoms with Gasteiger partial charge in [-0.2, -0.15) is 0 Å². The number of carbonyl (C=O) groups is 1. The normalized spacial score (nSPS) is 11.7. The highest BCUT2D eigenvalue weighted by molar-refractivity contribution is 6.35. The highest BCUT2D eigenvalue weighted by Gasteiger charge is 2.14. The molecule has 0 bridgehead atoms. The van der Waals surface area contributed by atoms with Gasteiger partial charge in [0, 0.05) is 18.8 Å². The number of hydrogen-bond donors (Lipinski definition) is 1. The molecule has 1 aromatic carbocycles. The van der Waals surface area contributed by atoms with Crippen molar-refractivity contribution in [3.63, 3.8) is 0 Å². The summed E-state index contributed by atoms with van der Waals surface area (Å²) in [6, 6.07) is 3.61. The van der Waals surface area contributed by atoms with Crippen LogP contribution >= 0.6 is 11.6 Å². The lowest BCUT2D eigenvalue weighted by Gasteiger charge is -2.15. The summed E-state index contributed by atoms with van der Waals surface area (Å²) in [6.45, 7) is 4.45. The van der Waals surface area contributed by atoms with Crippen molar-refractivity contribution in [2.45, 2.75) is 20.3 Å². The number of aliphatic imine (C=N–C) groups is 1. The van der Waals surface area contributed by atoms with Crippen molar-refractivity contribution in [1.82, 2.24) is 0 Å². The Labute approximate surface area is 124 Å². The first-order valence-corrected chi connectivity index (χ1v) is 6.81. The number of hydrogen-bond acceptors (Lipinski definition) is 3. The Kier molecular flexibility index (Phi) is 6.81. The van der Waals surface area contributed by atoms with E-state index in [4.69, 9.17) is 16.3 Å². The van der Waals surface area contributed by atoms with Gasteiger partial charge < -0.3 is 10.1 Å². The van der Waals surface area contributed by atoms with Crippen LogP contribution in [0.2, 0.25) is 5.02 Å². The molecule has 108 valence electrons. The van der Waals surface area contributed by atoms with Gasteiger partial charge in [-0.05, 0) is 25.0 Å². The third-order valence-electron chi connectivity index (χ3n) is 2.65. The molecule has 1 aromatic rings. The summed E-state index contributed by atoms with van der Waals surface area (Å²) in [5.74, 6) is 0.488. The molecule has 0 spiro atoms. The van der Waals surface area contributed by atoms with Crippen molar-refractivity contribution in [2.24, 2.45) is 4.99 Å². The van der Waals surface area contributed by atoms with Crippen LogP contribution in [0.4, 0.5) is 5.69 Å². The molecule has 0 aliphatic heterocycles. The van der Waals surface area contributed by atoms with E-state index in [0.717, 1.165) is 17.6 Å². The van der Waals surface area contributed by atoms with Crippen LogP contribution in [-0.2, 0) is 4.79 Å². The monoisotopic (exact) mass is 294 g/mol. The standard InChI is InChI=1S/C15H19ClN2O2/c1-4-8-20-15-13(18-10-19)7-6-12(14(15)16)11(5-2)9-17-3/h5-7,9-10H,4,8H2,1-3H3,(H,18,19)/b11-5+,17-9?. The maximum atomic E-state index is 10.6. The minimum absolute atomic E-state index is 0.471. The second kappa shape index (κ2) is 8.38. The molecule has 20 heavy (non-hydrogen) atoms. The Bertz CT molecular complexity index is 525. The van der Waals surface area contributed by atoms with Crippen molar-refractivity contribution in [2.75, 3.05) is 19.0 Å². The van der Waals surface area contributed by atoms with Crippen LogP contribution in [0, 0.1) is 0 Å². The Hall–Kier alpha value is -1.81. The summed E-state index contributed by atoms with van der Waals surface area (Å²) < 4.78 is 5.66. The summed E-state index contributed by atoms with van der Waals surface area (Å²) in [6.07, 6.45) is 5.12. The third kappa shape index (κ3) is 3.84. The van der Waals surface area contributed by atoms with Gasteiger partial charge in [-0.25, -0.2) is 0 Å². The number of carbonyl (C=O) groups excluding carboxylic acids is 1. The number of ether oxygens (including phenoxy) is 1. The van der Waals surface area contributed by atoms with Crippen molar-refractivity contribution in [3.8, 4) is 5.75 Å². The lowest BCUT2D eigenvalue weighted by atomic mass is 10.1.